The van der Waals surface area contributed by atoms with Crippen LogP contribution < -0.4 is 5.32 Å². The van der Waals surface area contributed by atoms with Crippen LogP contribution in [0.1, 0.15) is 41.8 Å². The number of hydrogen-bond donors (Lipinski definition) is 2. The molecule has 5 nitrogen and oxygen atoms in total. The highest BCUT2D eigenvalue weighted by Crippen LogP contribution is 2.21. The van der Waals surface area contributed by atoms with Crippen molar-refractivity contribution in [1.29, 1.82) is 0 Å². The van der Waals surface area contributed by atoms with Crippen LogP contribution in [0.4, 0.5) is 5.69 Å². The Bertz CT molecular complexity index is 606. The quantitative estimate of drug-likeness (QED) is 0.911. The summed E-state index contributed by atoms with van der Waals surface area (Å²) in [7, 11) is 0. The highest BCUT2D eigenvalue weighted by molar-refractivity contribution is 9.10. The van der Waals surface area contributed by atoms with Crippen LogP contribution in [0.2, 0.25) is 0 Å². The second kappa shape index (κ2) is 5.52. The maximum absolute atomic E-state index is 12.0. The standard InChI is InChI=1S/C13H15BrN4O/c1-7(2)11-16-12(18-17-11)13(19)15-10-6-9(14)5-4-8(10)3/h4-7H,1-3H3,(H,15,19)(H,16,17,18). The molecule has 0 fully saturated rings. The number of aromatic nitrogens is 3. The number of amides is 1. The molecule has 6 heteroatoms. The number of anilines is 1. The van der Waals surface area contributed by atoms with Crippen molar-refractivity contribution in [1.82, 2.24) is 15.2 Å². The Kier molecular flexibility index (Phi) is 3.99. The average Bonchev–Trinajstić information content (AvgIpc) is 2.83. The van der Waals surface area contributed by atoms with Gasteiger partial charge in [-0.15, -0.1) is 5.10 Å². The zero-order valence-electron chi connectivity index (χ0n) is 11.0. The van der Waals surface area contributed by atoms with E-state index >= 15 is 0 Å². The summed E-state index contributed by atoms with van der Waals surface area (Å²) in [5, 5.41) is 9.50. The fourth-order valence-electron chi connectivity index (χ4n) is 1.54. The second-order valence-corrected chi connectivity index (χ2v) is 5.53. The summed E-state index contributed by atoms with van der Waals surface area (Å²) < 4.78 is 0.909. The normalized spacial score (nSPS) is 10.8. The van der Waals surface area contributed by atoms with Crippen molar-refractivity contribution in [3.8, 4) is 0 Å². The van der Waals surface area contributed by atoms with Crippen molar-refractivity contribution in [3.05, 3.63) is 39.9 Å². The van der Waals surface area contributed by atoms with Gasteiger partial charge in [0.15, 0.2) is 0 Å². The number of nitrogens with one attached hydrogen (secondary N) is 2. The van der Waals surface area contributed by atoms with E-state index in [1.54, 1.807) is 0 Å². The molecule has 2 rings (SSSR count). The molecule has 1 heterocycles. The zero-order chi connectivity index (χ0) is 14.0. The van der Waals surface area contributed by atoms with Crippen LogP contribution in [0.3, 0.4) is 0 Å². The molecule has 0 bridgehead atoms. The summed E-state index contributed by atoms with van der Waals surface area (Å²) in [5.74, 6) is 0.755. The number of rotatable bonds is 3. The van der Waals surface area contributed by atoms with Crippen molar-refractivity contribution in [2.45, 2.75) is 26.7 Å². The van der Waals surface area contributed by atoms with Gasteiger partial charge in [0.05, 0.1) is 0 Å². The Morgan fingerprint density at radius 1 is 1.42 bits per heavy atom. The summed E-state index contributed by atoms with van der Waals surface area (Å²) in [6.07, 6.45) is 0. The minimum absolute atomic E-state index is 0.156. The second-order valence-electron chi connectivity index (χ2n) is 4.61. The van der Waals surface area contributed by atoms with Gasteiger partial charge in [-0.2, -0.15) is 0 Å². The molecule has 1 aromatic heterocycles. The van der Waals surface area contributed by atoms with Crippen LogP contribution in [0.5, 0.6) is 0 Å². The van der Waals surface area contributed by atoms with Gasteiger partial charge in [0.2, 0.25) is 5.82 Å². The molecule has 2 N–H and O–H groups in total. The summed E-state index contributed by atoms with van der Waals surface area (Å²) in [5.41, 5.74) is 1.73. The molecular weight excluding hydrogens is 308 g/mol. The van der Waals surface area contributed by atoms with E-state index in [1.807, 2.05) is 39.0 Å². The molecule has 100 valence electrons. The number of carbonyl (C=O) groups is 1. The molecule has 0 atom stereocenters. The van der Waals surface area contributed by atoms with Gasteiger partial charge < -0.3 is 5.32 Å². The van der Waals surface area contributed by atoms with Crippen molar-refractivity contribution >= 4 is 27.5 Å². The Labute approximate surface area is 120 Å². The number of aryl methyl sites for hydroxylation is 1. The van der Waals surface area contributed by atoms with E-state index < -0.39 is 0 Å². The lowest BCUT2D eigenvalue weighted by molar-refractivity contribution is 0.101. The van der Waals surface area contributed by atoms with Crippen LogP contribution in [-0.2, 0) is 0 Å². The minimum atomic E-state index is -0.315. The molecule has 0 aliphatic carbocycles. The Balaban J connectivity index is 2.18. The molecule has 0 aliphatic heterocycles. The van der Waals surface area contributed by atoms with Gasteiger partial charge in [-0.1, -0.05) is 35.8 Å². The predicted octanol–water partition coefficient (Wildman–Crippen LogP) is 3.25. The molecule has 0 unspecified atom stereocenters. The highest BCUT2D eigenvalue weighted by Gasteiger charge is 2.15. The summed E-state index contributed by atoms with van der Waals surface area (Å²) in [6.45, 7) is 5.90. The fourth-order valence-corrected chi connectivity index (χ4v) is 1.90. The van der Waals surface area contributed by atoms with E-state index in [2.05, 4.69) is 36.4 Å². The summed E-state index contributed by atoms with van der Waals surface area (Å²) >= 11 is 3.38. The van der Waals surface area contributed by atoms with Gasteiger partial charge in [0, 0.05) is 16.1 Å². The number of hydrogen-bond acceptors (Lipinski definition) is 3. The molecule has 0 radical (unpaired) electrons. The van der Waals surface area contributed by atoms with Gasteiger partial charge in [0.1, 0.15) is 5.82 Å². The first-order valence-electron chi connectivity index (χ1n) is 5.97. The molecule has 1 aromatic carbocycles. The van der Waals surface area contributed by atoms with Crippen LogP contribution in [-0.4, -0.2) is 21.1 Å². The first-order valence-corrected chi connectivity index (χ1v) is 6.76. The number of benzene rings is 1. The van der Waals surface area contributed by atoms with E-state index in [-0.39, 0.29) is 17.6 Å². The van der Waals surface area contributed by atoms with Gasteiger partial charge in [-0.25, -0.2) is 4.98 Å². The van der Waals surface area contributed by atoms with Crippen molar-refractivity contribution in [3.63, 3.8) is 0 Å². The molecule has 0 spiro atoms. The molecule has 0 saturated carbocycles. The summed E-state index contributed by atoms with van der Waals surface area (Å²) in [4.78, 5) is 16.2. The number of nitrogens with zero attached hydrogens (tertiary/aromatic N) is 2. The number of H-pyrrole nitrogens is 1. The van der Waals surface area contributed by atoms with Crippen molar-refractivity contribution < 1.29 is 4.79 Å². The highest BCUT2D eigenvalue weighted by atomic mass is 79.9. The lowest BCUT2D eigenvalue weighted by atomic mass is 10.2. The van der Waals surface area contributed by atoms with E-state index in [4.69, 9.17) is 0 Å². The molecular formula is C13H15BrN4O. The first kappa shape index (κ1) is 13.7. The number of halogens is 1. The van der Waals surface area contributed by atoms with Gasteiger partial charge in [0.25, 0.3) is 5.91 Å². The number of aromatic amines is 1. The van der Waals surface area contributed by atoms with Crippen molar-refractivity contribution in [2.24, 2.45) is 0 Å². The van der Waals surface area contributed by atoms with Crippen molar-refractivity contribution in [2.75, 3.05) is 5.32 Å². The zero-order valence-corrected chi connectivity index (χ0v) is 12.6. The SMILES string of the molecule is Cc1ccc(Br)cc1NC(=O)c1n[nH]c(C(C)C)n1. The van der Waals surface area contributed by atoms with E-state index in [9.17, 15) is 4.79 Å². The third-order valence-corrected chi connectivity index (χ3v) is 3.19. The maximum atomic E-state index is 12.0. The molecule has 19 heavy (non-hydrogen) atoms. The number of carbonyl (C=O) groups excluding carboxylic acids is 1. The van der Waals surface area contributed by atoms with Gasteiger partial charge >= 0.3 is 0 Å². The smallest absolute Gasteiger partial charge is 0.295 e. The van der Waals surface area contributed by atoms with E-state index in [1.165, 1.54) is 0 Å². The minimum Gasteiger partial charge on any atom is -0.319 e. The van der Waals surface area contributed by atoms with Crippen LogP contribution in [0.25, 0.3) is 0 Å². The Morgan fingerprint density at radius 2 is 2.16 bits per heavy atom. The molecule has 2 aromatic rings. The third-order valence-electron chi connectivity index (χ3n) is 2.70. The third kappa shape index (κ3) is 3.20. The lowest BCUT2D eigenvalue weighted by Crippen LogP contribution is -2.14. The maximum Gasteiger partial charge on any atom is 0.295 e. The monoisotopic (exact) mass is 322 g/mol. The largest absolute Gasteiger partial charge is 0.319 e. The van der Waals surface area contributed by atoms with Crippen LogP contribution in [0.15, 0.2) is 22.7 Å². The Morgan fingerprint density at radius 3 is 2.79 bits per heavy atom. The van der Waals surface area contributed by atoms with Crippen LogP contribution in [0, 0.1) is 6.92 Å². The van der Waals surface area contributed by atoms with E-state index in [0.717, 1.165) is 15.7 Å². The molecule has 0 saturated heterocycles. The summed E-state index contributed by atoms with van der Waals surface area (Å²) in [6, 6.07) is 5.70. The fraction of sp³-hybridized carbons (Fsp3) is 0.308. The molecule has 1 amide bonds. The Hall–Kier alpha value is -1.69. The van der Waals surface area contributed by atoms with Gasteiger partial charge in [-0.3, -0.25) is 9.89 Å². The van der Waals surface area contributed by atoms with Gasteiger partial charge in [-0.05, 0) is 24.6 Å². The van der Waals surface area contributed by atoms with E-state index in [0.29, 0.717) is 5.82 Å². The van der Waals surface area contributed by atoms with Crippen LogP contribution >= 0.6 is 15.9 Å². The average molecular weight is 323 g/mol. The first-order chi connectivity index (χ1) is 8.97. The predicted molar refractivity (Wildman–Crippen MR) is 77.3 cm³/mol. The molecule has 0 aliphatic rings. The topological polar surface area (TPSA) is 70.7 Å². The lowest BCUT2D eigenvalue weighted by Gasteiger charge is -2.06.